The molecule has 2 aromatic rings. The van der Waals surface area contributed by atoms with Gasteiger partial charge in [0.05, 0.1) is 4.91 Å². The second kappa shape index (κ2) is 8.61. The summed E-state index contributed by atoms with van der Waals surface area (Å²) >= 11 is 13.2. The summed E-state index contributed by atoms with van der Waals surface area (Å²) in [4.78, 5) is 27.4. The van der Waals surface area contributed by atoms with Gasteiger partial charge in [0, 0.05) is 28.1 Å². The van der Waals surface area contributed by atoms with Crippen molar-refractivity contribution in [1.82, 2.24) is 5.32 Å². The molecule has 0 atom stereocenters. The zero-order valence-corrected chi connectivity index (χ0v) is 16.5. The molecule has 0 radical (unpaired) electrons. The molecule has 2 amide bonds. The van der Waals surface area contributed by atoms with Crippen LogP contribution in [-0.4, -0.2) is 17.0 Å². The third-order valence-corrected chi connectivity index (χ3v) is 4.99. The number of amides is 2. The molecule has 0 fully saturated rings. The van der Waals surface area contributed by atoms with E-state index in [4.69, 9.17) is 27.9 Å². The molecular formula is C19H14Cl2N2O3S. The highest BCUT2D eigenvalue weighted by atomic mass is 35.5. The van der Waals surface area contributed by atoms with E-state index < -0.39 is 5.91 Å². The monoisotopic (exact) mass is 420 g/mol. The van der Waals surface area contributed by atoms with Crippen molar-refractivity contribution >= 4 is 58.0 Å². The first kappa shape index (κ1) is 19.5. The van der Waals surface area contributed by atoms with E-state index in [1.54, 1.807) is 30.3 Å². The van der Waals surface area contributed by atoms with E-state index in [-0.39, 0.29) is 17.7 Å². The lowest BCUT2D eigenvalue weighted by atomic mass is 10.2. The number of hydrogen-bond donors (Lipinski definition) is 1. The SMILES string of the molecule is CC(=O)NC1=NC(=O)/C(=C\c2ccccc2OCc2ccc(Cl)cc2Cl)S1. The number of nitrogens with one attached hydrogen (secondary N) is 1. The number of hydrogen-bond acceptors (Lipinski definition) is 4. The van der Waals surface area contributed by atoms with Crippen molar-refractivity contribution < 1.29 is 14.3 Å². The Morgan fingerprint density at radius 2 is 2.04 bits per heavy atom. The number of ether oxygens (including phenoxy) is 1. The summed E-state index contributed by atoms with van der Waals surface area (Å²) in [5.74, 6) is -0.0874. The van der Waals surface area contributed by atoms with Crippen LogP contribution in [0.4, 0.5) is 0 Å². The van der Waals surface area contributed by atoms with Crippen molar-refractivity contribution in [2.24, 2.45) is 4.99 Å². The number of amidine groups is 1. The molecule has 0 saturated heterocycles. The van der Waals surface area contributed by atoms with E-state index in [0.29, 0.717) is 20.7 Å². The van der Waals surface area contributed by atoms with Gasteiger partial charge < -0.3 is 10.1 Å². The van der Waals surface area contributed by atoms with Gasteiger partial charge in [0.2, 0.25) is 5.91 Å². The molecule has 1 aliphatic rings. The van der Waals surface area contributed by atoms with Crippen molar-refractivity contribution in [1.29, 1.82) is 0 Å². The average Bonchev–Trinajstić information content (AvgIpc) is 2.93. The van der Waals surface area contributed by atoms with Crippen LogP contribution in [-0.2, 0) is 16.2 Å². The van der Waals surface area contributed by atoms with Crippen LogP contribution < -0.4 is 10.1 Å². The minimum Gasteiger partial charge on any atom is -0.488 e. The molecule has 1 N–H and O–H groups in total. The molecule has 0 bridgehead atoms. The fourth-order valence-corrected chi connectivity index (χ4v) is 3.59. The van der Waals surface area contributed by atoms with E-state index in [1.807, 2.05) is 18.2 Å². The molecule has 0 spiro atoms. The lowest BCUT2D eigenvalue weighted by molar-refractivity contribution is -0.117. The first-order chi connectivity index (χ1) is 12.9. The largest absolute Gasteiger partial charge is 0.488 e. The molecule has 0 saturated carbocycles. The van der Waals surface area contributed by atoms with Gasteiger partial charge in [0.25, 0.3) is 5.91 Å². The lowest BCUT2D eigenvalue weighted by Crippen LogP contribution is -2.23. The Balaban J connectivity index is 1.77. The standard InChI is InChI=1S/C19H14Cl2N2O3S/c1-11(24)22-19-23-18(25)17(27-19)8-12-4-2-3-5-16(12)26-10-13-6-7-14(20)9-15(13)21/h2-9H,10H2,1H3,(H,22,23,24,25)/b17-8+. The summed E-state index contributed by atoms with van der Waals surface area (Å²) in [5, 5.41) is 3.86. The van der Waals surface area contributed by atoms with Crippen LogP contribution in [0.25, 0.3) is 6.08 Å². The van der Waals surface area contributed by atoms with Crippen LogP contribution >= 0.6 is 35.0 Å². The molecular weight excluding hydrogens is 407 g/mol. The zero-order valence-electron chi connectivity index (χ0n) is 14.2. The predicted octanol–water partition coefficient (Wildman–Crippen LogP) is 4.68. The van der Waals surface area contributed by atoms with Crippen LogP contribution in [0.1, 0.15) is 18.1 Å². The van der Waals surface area contributed by atoms with Gasteiger partial charge in [-0.25, -0.2) is 0 Å². The Labute approximate surface area is 170 Å². The molecule has 0 unspecified atom stereocenters. The first-order valence-electron chi connectivity index (χ1n) is 7.88. The highest BCUT2D eigenvalue weighted by Gasteiger charge is 2.23. The minimum atomic E-state index is -0.403. The van der Waals surface area contributed by atoms with Gasteiger partial charge in [-0.15, -0.1) is 0 Å². The number of thioether (sulfide) groups is 1. The topological polar surface area (TPSA) is 67.8 Å². The van der Waals surface area contributed by atoms with E-state index in [9.17, 15) is 9.59 Å². The van der Waals surface area contributed by atoms with Crippen LogP contribution in [0.15, 0.2) is 52.4 Å². The van der Waals surface area contributed by atoms with Crippen molar-refractivity contribution in [3.8, 4) is 5.75 Å². The van der Waals surface area contributed by atoms with E-state index in [1.165, 1.54) is 6.92 Å². The van der Waals surface area contributed by atoms with E-state index in [2.05, 4.69) is 10.3 Å². The molecule has 2 aromatic carbocycles. The van der Waals surface area contributed by atoms with Gasteiger partial charge in [-0.05, 0) is 36.0 Å². The molecule has 3 rings (SSSR count). The summed E-state index contributed by atoms with van der Waals surface area (Å²) < 4.78 is 5.88. The average molecular weight is 421 g/mol. The molecule has 138 valence electrons. The quantitative estimate of drug-likeness (QED) is 0.729. The number of carbonyl (C=O) groups is 2. The second-order valence-corrected chi connectivity index (χ2v) is 7.45. The molecule has 27 heavy (non-hydrogen) atoms. The molecule has 0 aromatic heterocycles. The number of carbonyl (C=O) groups excluding carboxylic acids is 2. The molecule has 1 aliphatic heterocycles. The van der Waals surface area contributed by atoms with Gasteiger partial charge in [-0.3, -0.25) is 9.59 Å². The Kier molecular flexibility index (Phi) is 6.21. The normalized spacial score (nSPS) is 15.0. The van der Waals surface area contributed by atoms with Gasteiger partial charge >= 0.3 is 0 Å². The number of halogens is 2. The predicted molar refractivity (Wildman–Crippen MR) is 109 cm³/mol. The zero-order chi connectivity index (χ0) is 19.4. The number of rotatable bonds is 4. The van der Waals surface area contributed by atoms with E-state index in [0.717, 1.165) is 22.9 Å². The van der Waals surface area contributed by atoms with Gasteiger partial charge in [0.15, 0.2) is 5.17 Å². The fraction of sp³-hybridized carbons (Fsp3) is 0.105. The highest BCUT2D eigenvalue weighted by molar-refractivity contribution is 8.18. The first-order valence-corrected chi connectivity index (χ1v) is 9.45. The summed E-state index contributed by atoms with van der Waals surface area (Å²) in [7, 11) is 0. The van der Waals surface area contributed by atoms with Crippen molar-refractivity contribution in [3.63, 3.8) is 0 Å². The Morgan fingerprint density at radius 1 is 1.26 bits per heavy atom. The third kappa shape index (κ3) is 5.13. The number of nitrogens with zero attached hydrogens (tertiary/aromatic N) is 1. The minimum absolute atomic E-state index is 0.255. The smallest absolute Gasteiger partial charge is 0.286 e. The van der Waals surface area contributed by atoms with Crippen molar-refractivity contribution in [2.45, 2.75) is 13.5 Å². The highest BCUT2D eigenvalue weighted by Crippen LogP contribution is 2.31. The summed E-state index contributed by atoms with van der Waals surface area (Å²) in [6.45, 7) is 1.62. The van der Waals surface area contributed by atoms with Crippen LogP contribution in [0.5, 0.6) is 5.75 Å². The van der Waals surface area contributed by atoms with Crippen molar-refractivity contribution in [2.75, 3.05) is 0 Å². The van der Waals surface area contributed by atoms with Crippen molar-refractivity contribution in [3.05, 3.63) is 68.5 Å². The number of para-hydroxylation sites is 1. The maximum atomic E-state index is 12.0. The number of aliphatic imine (C=N–C) groups is 1. The lowest BCUT2D eigenvalue weighted by Gasteiger charge is -2.11. The Bertz CT molecular complexity index is 973. The van der Waals surface area contributed by atoms with Crippen LogP contribution in [0, 0.1) is 0 Å². The van der Waals surface area contributed by atoms with Gasteiger partial charge in [0.1, 0.15) is 12.4 Å². The number of benzene rings is 2. The molecule has 1 heterocycles. The molecule has 5 nitrogen and oxygen atoms in total. The maximum Gasteiger partial charge on any atom is 0.286 e. The third-order valence-electron chi connectivity index (χ3n) is 3.51. The van der Waals surface area contributed by atoms with Gasteiger partial charge in [-0.1, -0.05) is 47.5 Å². The van der Waals surface area contributed by atoms with Crippen LogP contribution in [0.3, 0.4) is 0 Å². The summed E-state index contributed by atoms with van der Waals surface area (Å²) in [5.41, 5.74) is 1.52. The Hall–Kier alpha value is -2.28. The summed E-state index contributed by atoms with van der Waals surface area (Å²) in [6.07, 6.45) is 1.68. The fourth-order valence-electron chi connectivity index (χ4n) is 2.28. The second-order valence-electron chi connectivity index (χ2n) is 5.58. The van der Waals surface area contributed by atoms with E-state index >= 15 is 0 Å². The molecule has 0 aliphatic carbocycles. The maximum absolute atomic E-state index is 12.0. The Morgan fingerprint density at radius 3 is 2.78 bits per heavy atom. The van der Waals surface area contributed by atoms with Crippen LogP contribution in [0.2, 0.25) is 10.0 Å². The van der Waals surface area contributed by atoms with Gasteiger partial charge in [-0.2, -0.15) is 4.99 Å². The molecule has 8 heteroatoms. The summed E-state index contributed by atoms with van der Waals surface area (Å²) in [6, 6.07) is 12.5.